The predicted octanol–water partition coefficient (Wildman–Crippen LogP) is 2.70. The predicted molar refractivity (Wildman–Crippen MR) is 108 cm³/mol. The van der Waals surface area contributed by atoms with Crippen LogP contribution in [-0.2, 0) is 22.6 Å². The molecule has 0 aliphatic heterocycles. The second-order valence-corrected chi connectivity index (χ2v) is 6.49. The van der Waals surface area contributed by atoms with E-state index in [1.165, 1.54) is 4.90 Å². The number of rotatable bonds is 7. The summed E-state index contributed by atoms with van der Waals surface area (Å²) < 4.78 is 7.06. The summed E-state index contributed by atoms with van der Waals surface area (Å²) in [6, 6.07) is 14.8. The summed E-state index contributed by atoms with van der Waals surface area (Å²) in [5, 5.41) is 2.78. The smallest absolute Gasteiger partial charge is 0.243 e. The number of aromatic nitrogens is 2. The molecule has 1 heterocycles. The number of aryl methyl sites for hydroxylation is 1. The van der Waals surface area contributed by atoms with Gasteiger partial charge in [-0.1, -0.05) is 25.1 Å². The molecule has 3 rings (SSSR count). The molecule has 1 N–H and O–H groups in total. The monoisotopic (exact) mass is 380 g/mol. The Hall–Kier alpha value is -3.35. The first-order chi connectivity index (χ1) is 13.5. The van der Waals surface area contributed by atoms with E-state index >= 15 is 0 Å². The number of carbonyl (C=O) groups is 2. The van der Waals surface area contributed by atoms with Crippen molar-refractivity contribution in [1.82, 2.24) is 14.5 Å². The van der Waals surface area contributed by atoms with Crippen molar-refractivity contribution in [2.24, 2.45) is 0 Å². The molecule has 0 spiro atoms. The van der Waals surface area contributed by atoms with E-state index in [0.29, 0.717) is 11.4 Å². The van der Waals surface area contributed by atoms with Crippen molar-refractivity contribution >= 4 is 28.5 Å². The Kier molecular flexibility index (Phi) is 5.93. The average Bonchev–Trinajstić information content (AvgIpc) is 3.05. The highest BCUT2D eigenvalue weighted by Gasteiger charge is 2.17. The quantitative estimate of drug-likeness (QED) is 0.684. The number of methoxy groups -OCH3 is 1. The van der Waals surface area contributed by atoms with E-state index < -0.39 is 0 Å². The second-order valence-electron chi connectivity index (χ2n) is 6.49. The van der Waals surface area contributed by atoms with Gasteiger partial charge in [0.25, 0.3) is 0 Å². The van der Waals surface area contributed by atoms with Gasteiger partial charge < -0.3 is 19.5 Å². The van der Waals surface area contributed by atoms with Crippen LogP contribution in [0.3, 0.4) is 0 Å². The van der Waals surface area contributed by atoms with Gasteiger partial charge in [-0.15, -0.1) is 0 Å². The Morgan fingerprint density at radius 3 is 2.71 bits per heavy atom. The average molecular weight is 380 g/mol. The molecule has 0 bridgehead atoms. The van der Waals surface area contributed by atoms with E-state index in [0.717, 1.165) is 23.3 Å². The van der Waals surface area contributed by atoms with Crippen LogP contribution in [0.2, 0.25) is 0 Å². The van der Waals surface area contributed by atoms with Gasteiger partial charge in [0.05, 0.1) is 24.7 Å². The van der Waals surface area contributed by atoms with Crippen LogP contribution >= 0.6 is 0 Å². The van der Waals surface area contributed by atoms with Crippen molar-refractivity contribution in [2.75, 3.05) is 26.0 Å². The Morgan fingerprint density at radius 2 is 1.96 bits per heavy atom. The number of ether oxygens (including phenoxy) is 1. The van der Waals surface area contributed by atoms with Crippen LogP contribution in [-0.4, -0.2) is 47.0 Å². The molecule has 0 unspecified atom stereocenters. The first-order valence-electron chi connectivity index (χ1n) is 9.13. The molecular formula is C21H24N4O3. The number of fused-ring (bicyclic) bond motifs is 1. The number of para-hydroxylation sites is 2. The summed E-state index contributed by atoms with van der Waals surface area (Å²) in [6.07, 6.45) is 0.724. The summed E-state index contributed by atoms with van der Waals surface area (Å²) in [5.41, 5.74) is 2.41. The third-order valence-corrected chi connectivity index (χ3v) is 4.50. The number of nitrogens with one attached hydrogen (secondary N) is 1. The molecule has 146 valence electrons. The highest BCUT2D eigenvalue weighted by molar-refractivity contribution is 5.94. The summed E-state index contributed by atoms with van der Waals surface area (Å²) in [7, 11) is 3.19. The minimum atomic E-state index is -0.268. The molecule has 0 fully saturated rings. The van der Waals surface area contributed by atoms with E-state index in [2.05, 4.69) is 10.3 Å². The fourth-order valence-corrected chi connectivity index (χ4v) is 3.03. The molecule has 0 radical (unpaired) electrons. The highest BCUT2D eigenvalue weighted by Crippen LogP contribution is 2.18. The molecule has 7 heteroatoms. The maximum atomic E-state index is 12.7. The number of benzene rings is 2. The molecule has 2 amide bonds. The van der Waals surface area contributed by atoms with E-state index in [9.17, 15) is 9.59 Å². The SMILES string of the molecule is CCc1nc2ccccc2n1CC(=O)N(C)CC(=O)Nc1cccc(OC)c1. The summed E-state index contributed by atoms with van der Waals surface area (Å²) in [4.78, 5) is 31.0. The van der Waals surface area contributed by atoms with Gasteiger partial charge in [0, 0.05) is 25.2 Å². The molecule has 28 heavy (non-hydrogen) atoms. The van der Waals surface area contributed by atoms with E-state index in [1.807, 2.05) is 35.8 Å². The van der Waals surface area contributed by atoms with Gasteiger partial charge in [-0.3, -0.25) is 9.59 Å². The Bertz CT molecular complexity index is 996. The highest BCUT2D eigenvalue weighted by atomic mass is 16.5. The van der Waals surface area contributed by atoms with Crippen LogP contribution in [0.1, 0.15) is 12.7 Å². The van der Waals surface area contributed by atoms with E-state index in [4.69, 9.17) is 4.74 Å². The van der Waals surface area contributed by atoms with Gasteiger partial charge in [0.2, 0.25) is 11.8 Å². The number of amides is 2. The van der Waals surface area contributed by atoms with Crippen molar-refractivity contribution in [3.05, 3.63) is 54.4 Å². The molecule has 1 aromatic heterocycles. The third kappa shape index (κ3) is 4.31. The molecule has 0 aliphatic rings. The van der Waals surface area contributed by atoms with Gasteiger partial charge in [-0.25, -0.2) is 4.98 Å². The zero-order valence-electron chi connectivity index (χ0n) is 16.3. The molecule has 0 saturated carbocycles. The Morgan fingerprint density at radius 1 is 1.18 bits per heavy atom. The van der Waals surface area contributed by atoms with E-state index in [-0.39, 0.29) is 24.9 Å². The zero-order valence-corrected chi connectivity index (χ0v) is 16.3. The normalized spacial score (nSPS) is 10.7. The maximum absolute atomic E-state index is 12.7. The van der Waals surface area contributed by atoms with Crippen molar-refractivity contribution < 1.29 is 14.3 Å². The number of carbonyl (C=O) groups excluding carboxylic acids is 2. The second kappa shape index (κ2) is 8.56. The maximum Gasteiger partial charge on any atom is 0.243 e. The van der Waals surface area contributed by atoms with Gasteiger partial charge >= 0.3 is 0 Å². The molecule has 7 nitrogen and oxygen atoms in total. The van der Waals surface area contributed by atoms with Crippen LogP contribution in [0.4, 0.5) is 5.69 Å². The van der Waals surface area contributed by atoms with Gasteiger partial charge in [0.15, 0.2) is 0 Å². The lowest BCUT2D eigenvalue weighted by Crippen LogP contribution is -2.37. The Balaban J connectivity index is 1.65. The lowest BCUT2D eigenvalue weighted by molar-refractivity contribution is -0.133. The molecule has 0 aliphatic carbocycles. The number of imidazole rings is 1. The lowest BCUT2D eigenvalue weighted by Gasteiger charge is -2.18. The minimum Gasteiger partial charge on any atom is -0.497 e. The van der Waals surface area contributed by atoms with Crippen LogP contribution < -0.4 is 10.1 Å². The summed E-state index contributed by atoms with van der Waals surface area (Å²) >= 11 is 0. The topological polar surface area (TPSA) is 76.5 Å². The van der Waals surface area contributed by atoms with Crippen molar-refractivity contribution in [3.8, 4) is 5.75 Å². The standard InChI is InChI=1S/C21H24N4O3/c1-4-19-23-17-10-5-6-11-18(17)25(19)14-21(27)24(2)13-20(26)22-15-8-7-9-16(12-15)28-3/h5-12H,4,13-14H2,1-3H3,(H,22,26). The van der Waals surface area contributed by atoms with E-state index in [1.54, 1.807) is 38.4 Å². The largest absolute Gasteiger partial charge is 0.497 e. The Labute approximate surface area is 163 Å². The zero-order chi connectivity index (χ0) is 20.1. The summed E-state index contributed by atoms with van der Waals surface area (Å²) in [5.74, 6) is 1.08. The van der Waals surface area contributed by atoms with Crippen molar-refractivity contribution in [2.45, 2.75) is 19.9 Å². The molecule has 0 atom stereocenters. The molecular weight excluding hydrogens is 356 g/mol. The summed E-state index contributed by atoms with van der Waals surface area (Å²) in [6.45, 7) is 2.12. The first-order valence-corrected chi connectivity index (χ1v) is 9.13. The van der Waals surface area contributed by atoms with Gasteiger partial charge in [-0.2, -0.15) is 0 Å². The number of anilines is 1. The van der Waals surface area contributed by atoms with Crippen LogP contribution in [0, 0.1) is 0 Å². The van der Waals surface area contributed by atoms with Crippen molar-refractivity contribution in [1.29, 1.82) is 0 Å². The minimum absolute atomic E-state index is 0.0376. The molecule has 2 aromatic carbocycles. The van der Waals surface area contributed by atoms with Crippen molar-refractivity contribution in [3.63, 3.8) is 0 Å². The number of nitrogens with zero attached hydrogens (tertiary/aromatic N) is 3. The van der Waals surface area contributed by atoms with Gasteiger partial charge in [-0.05, 0) is 24.3 Å². The fourth-order valence-electron chi connectivity index (χ4n) is 3.03. The fraction of sp³-hybridized carbons (Fsp3) is 0.286. The van der Waals surface area contributed by atoms with Crippen LogP contribution in [0.5, 0.6) is 5.75 Å². The molecule has 3 aromatic rings. The first kappa shape index (κ1) is 19.4. The third-order valence-electron chi connectivity index (χ3n) is 4.50. The number of likely N-dealkylation sites (N-methyl/N-ethyl adjacent to an activating group) is 1. The lowest BCUT2D eigenvalue weighted by atomic mass is 10.3. The van der Waals surface area contributed by atoms with Gasteiger partial charge in [0.1, 0.15) is 18.1 Å². The molecule has 0 saturated heterocycles. The van der Waals surface area contributed by atoms with Crippen LogP contribution in [0.15, 0.2) is 48.5 Å². The number of hydrogen-bond donors (Lipinski definition) is 1. The van der Waals surface area contributed by atoms with Crippen LogP contribution in [0.25, 0.3) is 11.0 Å². The number of hydrogen-bond acceptors (Lipinski definition) is 4.